The van der Waals surface area contributed by atoms with Gasteiger partial charge in [-0.15, -0.1) is 0 Å². The zero-order valence-electron chi connectivity index (χ0n) is 16.8. The highest BCUT2D eigenvalue weighted by molar-refractivity contribution is 7.91. The van der Waals surface area contributed by atoms with Crippen molar-refractivity contribution in [2.24, 2.45) is 5.92 Å². The van der Waals surface area contributed by atoms with Crippen LogP contribution in [0.5, 0.6) is 11.5 Å². The summed E-state index contributed by atoms with van der Waals surface area (Å²) >= 11 is 0. The first kappa shape index (κ1) is 21.6. The summed E-state index contributed by atoms with van der Waals surface area (Å²) in [5.74, 6) is -0.245. The number of amides is 2. The van der Waals surface area contributed by atoms with Crippen LogP contribution >= 0.6 is 0 Å². The van der Waals surface area contributed by atoms with Gasteiger partial charge in [-0.1, -0.05) is 18.2 Å². The molecule has 1 aliphatic heterocycles. The summed E-state index contributed by atoms with van der Waals surface area (Å²) in [6.45, 7) is 0.197. The van der Waals surface area contributed by atoms with Gasteiger partial charge in [-0.25, -0.2) is 8.42 Å². The lowest BCUT2D eigenvalue weighted by molar-refractivity contribution is -0.126. The Kier molecular flexibility index (Phi) is 6.61. The standard InChI is InChI=1S/C21H24N2O6S/c1-28-18-9-8-16(13-19(18)29-2)23-14-15(12-20(23)24)21(25)22-10-11-30(26,27)17-6-4-3-5-7-17/h3-9,13,15H,10-12,14H2,1-2H3,(H,22,25). The second kappa shape index (κ2) is 9.17. The molecular formula is C21H24N2O6S. The molecule has 1 aliphatic rings. The van der Waals surface area contributed by atoms with Gasteiger partial charge in [-0.2, -0.15) is 0 Å². The average molecular weight is 432 g/mol. The highest BCUT2D eigenvalue weighted by Gasteiger charge is 2.35. The van der Waals surface area contributed by atoms with Gasteiger partial charge in [0.2, 0.25) is 11.8 Å². The number of benzene rings is 2. The molecule has 30 heavy (non-hydrogen) atoms. The van der Waals surface area contributed by atoms with Gasteiger partial charge < -0.3 is 19.7 Å². The van der Waals surface area contributed by atoms with Gasteiger partial charge in [-0.3, -0.25) is 9.59 Å². The van der Waals surface area contributed by atoms with Crippen molar-refractivity contribution in [3.05, 3.63) is 48.5 Å². The Morgan fingerprint density at radius 1 is 1.10 bits per heavy atom. The normalized spacial score (nSPS) is 16.4. The first-order valence-corrected chi connectivity index (χ1v) is 11.1. The van der Waals surface area contributed by atoms with E-state index >= 15 is 0 Å². The SMILES string of the molecule is COc1ccc(N2CC(C(=O)NCCS(=O)(=O)c3ccccc3)CC2=O)cc1OC. The van der Waals surface area contributed by atoms with Gasteiger partial charge in [0.1, 0.15) is 0 Å². The number of rotatable bonds is 8. The van der Waals surface area contributed by atoms with Gasteiger partial charge in [0.15, 0.2) is 21.3 Å². The molecule has 1 saturated heterocycles. The van der Waals surface area contributed by atoms with E-state index < -0.39 is 15.8 Å². The smallest absolute Gasteiger partial charge is 0.227 e. The van der Waals surface area contributed by atoms with E-state index in [-0.39, 0.29) is 42.0 Å². The molecule has 0 aromatic heterocycles. The monoisotopic (exact) mass is 432 g/mol. The van der Waals surface area contributed by atoms with Crippen molar-refractivity contribution >= 4 is 27.3 Å². The Labute approximate surface area is 175 Å². The van der Waals surface area contributed by atoms with Crippen LogP contribution < -0.4 is 19.7 Å². The van der Waals surface area contributed by atoms with Crippen LogP contribution in [0.3, 0.4) is 0 Å². The van der Waals surface area contributed by atoms with E-state index in [1.54, 1.807) is 36.4 Å². The van der Waals surface area contributed by atoms with Gasteiger partial charge in [0.05, 0.1) is 30.8 Å². The molecule has 1 heterocycles. The number of ether oxygens (including phenoxy) is 2. The van der Waals surface area contributed by atoms with E-state index in [0.29, 0.717) is 17.2 Å². The maximum Gasteiger partial charge on any atom is 0.227 e. The minimum absolute atomic E-state index is 0.0168. The number of hydrogen-bond donors (Lipinski definition) is 1. The van der Waals surface area contributed by atoms with Gasteiger partial charge >= 0.3 is 0 Å². The largest absolute Gasteiger partial charge is 0.493 e. The zero-order valence-corrected chi connectivity index (χ0v) is 17.6. The van der Waals surface area contributed by atoms with Gasteiger partial charge in [-0.05, 0) is 24.3 Å². The lowest BCUT2D eigenvalue weighted by atomic mass is 10.1. The maximum absolute atomic E-state index is 12.5. The third-order valence-corrected chi connectivity index (χ3v) is 6.68. The molecule has 3 rings (SSSR count). The molecule has 1 atom stereocenters. The fraction of sp³-hybridized carbons (Fsp3) is 0.333. The zero-order chi connectivity index (χ0) is 21.7. The third kappa shape index (κ3) is 4.73. The molecule has 9 heteroatoms. The van der Waals surface area contributed by atoms with E-state index in [9.17, 15) is 18.0 Å². The van der Waals surface area contributed by atoms with Crippen LogP contribution in [0, 0.1) is 5.92 Å². The topological polar surface area (TPSA) is 102 Å². The number of anilines is 1. The molecule has 1 fully saturated rings. The van der Waals surface area contributed by atoms with Gasteiger partial charge in [0, 0.05) is 31.3 Å². The Morgan fingerprint density at radius 2 is 1.80 bits per heavy atom. The Bertz CT molecular complexity index is 1020. The number of carbonyl (C=O) groups is 2. The fourth-order valence-electron chi connectivity index (χ4n) is 3.32. The van der Waals surface area contributed by atoms with Gasteiger partial charge in [0.25, 0.3) is 0 Å². The predicted molar refractivity (Wildman–Crippen MR) is 112 cm³/mol. The minimum atomic E-state index is -3.48. The quantitative estimate of drug-likeness (QED) is 0.681. The van der Waals surface area contributed by atoms with Crippen LogP contribution in [0.15, 0.2) is 53.4 Å². The molecule has 0 bridgehead atoms. The van der Waals surface area contributed by atoms with Crippen LogP contribution in [0.2, 0.25) is 0 Å². The lowest BCUT2D eigenvalue weighted by Crippen LogP contribution is -2.35. The molecule has 8 nitrogen and oxygen atoms in total. The van der Waals surface area contributed by atoms with E-state index in [1.165, 1.54) is 31.3 Å². The molecule has 0 saturated carbocycles. The highest BCUT2D eigenvalue weighted by Crippen LogP contribution is 2.34. The highest BCUT2D eigenvalue weighted by atomic mass is 32.2. The maximum atomic E-state index is 12.5. The van der Waals surface area contributed by atoms with Crippen LogP contribution in [-0.4, -0.2) is 53.3 Å². The summed E-state index contributed by atoms with van der Waals surface area (Å²) in [5, 5.41) is 2.64. The van der Waals surface area contributed by atoms with Crippen molar-refractivity contribution in [1.82, 2.24) is 5.32 Å². The van der Waals surface area contributed by atoms with Crippen LogP contribution in [0.1, 0.15) is 6.42 Å². The minimum Gasteiger partial charge on any atom is -0.493 e. The van der Waals surface area contributed by atoms with Crippen molar-refractivity contribution in [2.45, 2.75) is 11.3 Å². The molecule has 1 unspecified atom stereocenters. The van der Waals surface area contributed by atoms with Crippen molar-refractivity contribution in [1.29, 1.82) is 0 Å². The van der Waals surface area contributed by atoms with Crippen LogP contribution in [0.4, 0.5) is 5.69 Å². The Morgan fingerprint density at radius 3 is 2.47 bits per heavy atom. The van der Waals surface area contributed by atoms with E-state index in [1.807, 2.05) is 0 Å². The molecule has 0 aliphatic carbocycles. The number of sulfone groups is 1. The molecule has 0 radical (unpaired) electrons. The lowest BCUT2D eigenvalue weighted by Gasteiger charge is -2.18. The summed E-state index contributed by atoms with van der Waals surface area (Å²) in [6, 6.07) is 13.2. The summed E-state index contributed by atoms with van der Waals surface area (Å²) < 4.78 is 35.1. The van der Waals surface area contributed by atoms with Crippen molar-refractivity contribution in [3.8, 4) is 11.5 Å². The Balaban J connectivity index is 1.59. The second-order valence-corrected chi connectivity index (χ2v) is 8.98. The number of hydrogen-bond acceptors (Lipinski definition) is 6. The van der Waals surface area contributed by atoms with Crippen molar-refractivity contribution < 1.29 is 27.5 Å². The summed E-state index contributed by atoms with van der Waals surface area (Å²) in [4.78, 5) is 26.7. The molecule has 1 N–H and O–H groups in total. The molecule has 0 spiro atoms. The third-order valence-electron chi connectivity index (χ3n) is 4.95. The van der Waals surface area contributed by atoms with Crippen LogP contribution in [-0.2, 0) is 19.4 Å². The van der Waals surface area contributed by atoms with Crippen molar-refractivity contribution in [2.75, 3.05) is 38.0 Å². The number of nitrogens with one attached hydrogen (secondary N) is 1. The number of nitrogens with zero attached hydrogens (tertiary/aromatic N) is 1. The fourth-order valence-corrected chi connectivity index (χ4v) is 4.50. The molecule has 2 amide bonds. The van der Waals surface area contributed by atoms with E-state index in [2.05, 4.69) is 5.32 Å². The summed E-state index contributed by atoms with van der Waals surface area (Å²) in [6.07, 6.45) is 0.0611. The number of carbonyl (C=O) groups excluding carboxylic acids is 2. The first-order chi connectivity index (χ1) is 14.4. The molecule has 2 aromatic rings. The van der Waals surface area contributed by atoms with E-state index in [0.717, 1.165) is 0 Å². The average Bonchev–Trinajstić information content (AvgIpc) is 3.15. The van der Waals surface area contributed by atoms with E-state index in [4.69, 9.17) is 9.47 Å². The Hall–Kier alpha value is -3.07. The first-order valence-electron chi connectivity index (χ1n) is 9.43. The summed E-state index contributed by atoms with van der Waals surface area (Å²) in [5.41, 5.74) is 0.611. The molecule has 2 aromatic carbocycles. The molecule has 160 valence electrons. The number of methoxy groups -OCH3 is 2. The van der Waals surface area contributed by atoms with Crippen molar-refractivity contribution in [3.63, 3.8) is 0 Å². The molecular weight excluding hydrogens is 408 g/mol. The predicted octanol–water partition coefficient (Wildman–Crippen LogP) is 1.65. The summed E-state index contributed by atoms with van der Waals surface area (Å²) in [7, 11) is -0.444. The second-order valence-electron chi connectivity index (χ2n) is 6.87. The van der Waals surface area contributed by atoms with Crippen LogP contribution in [0.25, 0.3) is 0 Å².